The lowest BCUT2D eigenvalue weighted by atomic mass is 9.91. The van der Waals surface area contributed by atoms with Crippen LogP contribution in [0.3, 0.4) is 0 Å². The van der Waals surface area contributed by atoms with Crippen LogP contribution in [0.25, 0.3) is 11.0 Å². The van der Waals surface area contributed by atoms with Gasteiger partial charge in [0.05, 0.1) is 18.9 Å². The summed E-state index contributed by atoms with van der Waals surface area (Å²) in [5.41, 5.74) is 1.39. The van der Waals surface area contributed by atoms with Crippen LogP contribution in [0.1, 0.15) is 38.2 Å². The van der Waals surface area contributed by atoms with Gasteiger partial charge in [-0.15, -0.1) is 0 Å². The first kappa shape index (κ1) is 18.8. The minimum Gasteiger partial charge on any atom is -0.496 e. The highest BCUT2D eigenvalue weighted by Crippen LogP contribution is 2.36. The van der Waals surface area contributed by atoms with Crippen LogP contribution < -0.4 is 9.46 Å². The van der Waals surface area contributed by atoms with Crippen molar-refractivity contribution >= 4 is 26.8 Å². The van der Waals surface area contributed by atoms with Crippen LogP contribution in [0.4, 0.5) is 5.82 Å². The molecule has 2 heterocycles. The molecule has 8 nitrogen and oxygen atoms in total. The SMILES string of the molecule is COc1cc(Cn2cccn2)cc2onc(NS(=O)(=O)C3CCC(C)CC3)c12. The minimum atomic E-state index is -3.54. The predicted molar refractivity (Wildman–Crippen MR) is 106 cm³/mol. The molecule has 0 bridgehead atoms. The second-order valence-corrected chi connectivity index (χ2v) is 9.40. The van der Waals surface area contributed by atoms with Crippen molar-refractivity contribution in [3.63, 3.8) is 0 Å². The van der Waals surface area contributed by atoms with Gasteiger partial charge in [-0.2, -0.15) is 5.10 Å². The Morgan fingerprint density at radius 1 is 1.29 bits per heavy atom. The van der Waals surface area contributed by atoms with E-state index in [2.05, 4.69) is 21.9 Å². The summed E-state index contributed by atoms with van der Waals surface area (Å²) in [4.78, 5) is 0. The first-order valence-electron chi connectivity index (χ1n) is 9.41. The van der Waals surface area contributed by atoms with Gasteiger partial charge in [-0.05, 0) is 55.4 Å². The fourth-order valence-electron chi connectivity index (χ4n) is 3.75. The van der Waals surface area contributed by atoms with Crippen LogP contribution in [-0.4, -0.2) is 35.7 Å². The summed E-state index contributed by atoms with van der Waals surface area (Å²) >= 11 is 0. The molecule has 0 spiro atoms. The fraction of sp³-hybridized carbons (Fsp3) is 0.474. The molecule has 0 aliphatic heterocycles. The van der Waals surface area contributed by atoms with E-state index in [0.717, 1.165) is 18.4 Å². The molecular weight excluding hydrogens is 380 g/mol. The Morgan fingerprint density at radius 3 is 2.75 bits per heavy atom. The van der Waals surface area contributed by atoms with Crippen molar-refractivity contribution in [2.75, 3.05) is 11.8 Å². The summed E-state index contributed by atoms with van der Waals surface area (Å²) in [6.45, 7) is 2.70. The van der Waals surface area contributed by atoms with Crippen molar-refractivity contribution in [1.82, 2.24) is 14.9 Å². The molecule has 1 aromatic carbocycles. The zero-order valence-corrected chi connectivity index (χ0v) is 16.8. The Hall–Kier alpha value is -2.55. The monoisotopic (exact) mass is 404 g/mol. The average molecular weight is 404 g/mol. The quantitative estimate of drug-likeness (QED) is 0.676. The number of nitrogens with one attached hydrogen (secondary N) is 1. The van der Waals surface area contributed by atoms with Crippen LogP contribution in [-0.2, 0) is 16.6 Å². The molecule has 150 valence electrons. The summed E-state index contributed by atoms with van der Waals surface area (Å²) in [5.74, 6) is 1.26. The third kappa shape index (κ3) is 3.71. The second-order valence-electron chi connectivity index (χ2n) is 7.43. The second kappa shape index (κ2) is 7.46. The first-order chi connectivity index (χ1) is 13.5. The fourth-order valence-corrected chi connectivity index (χ4v) is 5.22. The number of hydrogen-bond donors (Lipinski definition) is 1. The highest BCUT2D eigenvalue weighted by Gasteiger charge is 2.31. The van der Waals surface area contributed by atoms with Gasteiger partial charge in [0.15, 0.2) is 11.4 Å². The number of hydrogen-bond acceptors (Lipinski definition) is 6. The number of rotatable bonds is 6. The Balaban J connectivity index is 1.63. The van der Waals surface area contributed by atoms with E-state index in [1.165, 1.54) is 0 Å². The molecule has 3 aromatic rings. The maximum Gasteiger partial charge on any atom is 0.236 e. The lowest BCUT2D eigenvalue weighted by Crippen LogP contribution is -2.31. The lowest BCUT2D eigenvalue weighted by Gasteiger charge is -2.25. The highest BCUT2D eigenvalue weighted by molar-refractivity contribution is 7.93. The average Bonchev–Trinajstić information content (AvgIpc) is 3.31. The zero-order valence-electron chi connectivity index (χ0n) is 16.0. The minimum absolute atomic E-state index is 0.177. The molecule has 0 amide bonds. The zero-order chi connectivity index (χ0) is 19.7. The van der Waals surface area contributed by atoms with Crippen molar-refractivity contribution in [3.05, 3.63) is 36.2 Å². The van der Waals surface area contributed by atoms with E-state index in [4.69, 9.17) is 9.26 Å². The van der Waals surface area contributed by atoms with Gasteiger partial charge in [0, 0.05) is 12.4 Å². The molecule has 1 N–H and O–H groups in total. The van der Waals surface area contributed by atoms with Gasteiger partial charge in [0.25, 0.3) is 0 Å². The maximum absolute atomic E-state index is 12.8. The molecule has 28 heavy (non-hydrogen) atoms. The van der Waals surface area contributed by atoms with E-state index < -0.39 is 15.3 Å². The van der Waals surface area contributed by atoms with E-state index in [-0.39, 0.29) is 5.82 Å². The summed E-state index contributed by atoms with van der Waals surface area (Å²) in [5, 5.41) is 8.29. The van der Waals surface area contributed by atoms with Crippen LogP contribution in [0.2, 0.25) is 0 Å². The van der Waals surface area contributed by atoms with E-state index in [9.17, 15) is 8.42 Å². The van der Waals surface area contributed by atoms with Gasteiger partial charge in [0.2, 0.25) is 10.0 Å². The predicted octanol–water partition coefficient (Wildman–Crippen LogP) is 3.40. The molecule has 9 heteroatoms. The topological polar surface area (TPSA) is 99.2 Å². The number of nitrogens with zero attached hydrogens (tertiary/aromatic N) is 3. The normalized spacial score (nSPS) is 20.4. The number of fused-ring (bicyclic) bond motifs is 1. The number of benzene rings is 1. The van der Waals surface area contributed by atoms with E-state index in [1.807, 2.05) is 24.4 Å². The van der Waals surface area contributed by atoms with Gasteiger partial charge < -0.3 is 9.26 Å². The van der Waals surface area contributed by atoms with Crippen molar-refractivity contribution in [3.8, 4) is 5.75 Å². The molecule has 0 radical (unpaired) electrons. The van der Waals surface area contributed by atoms with Crippen molar-refractivity contribution in [2.24, 2.45) is 5.92 Å². The smallest absolute Gasteiger partial charge is 0.236 e. The molecule has 1 aliphatic rings. The van der Waals surface area contributed by atoms with Gasteiger partial charge >= 0.3 is 0 Å². The number of methoxy groups -OCH3 is 1. The van der Waals surface area contributed by atoms with Crippen molar-refractivity contribution in [2.45, 2.75) is 44.4 Å². The van der Waals surface area contributed by atoms with Crippen LogP contribution in [0.15, 0.2) is 35.1 Å². The molecule has 0 saturated heterocycles. The van der Waals surface area contributed by atoms with Gasteiger partial charge in [-0.25, -0.2) is 8.42 Å². The van der Waals surface area contributed by atoms with Gasteiger partial charge in [0.1, 0.15) is 11.1 Å². The summed E-state index contributed by atoms with van der Waals surface area (Å²) in [6, 6.07) is 5.52. The van der Waals surface area contributed by atoms with Crippen molar-refractivity contribution in [1.29, 1.82) is 0 Å². The highest BCUT2D eigenvalue weighted by atomic mass is 32.2. The Morgan fingerprint density at radius 2 is 2.07 bits per heavy atom. The van der Waals surface area contributed by atoms with Crippen LogP contribution in [0.5, 0.6) is 5.75 Å². The Bertz CT molecular complexity index is 1050. The van der Waals surface area contributed by atoms with E-state index in [1.54, 1.807) is 18.0 Å². The van der Waals surface area contributed by atoms with Crippen LogP contribution in [0, 0.1) is 5.92 Å². The molecule has 1 saturated carbocycles. The Labute approximate surface area is 163 Å². The number of anilines is 1. The third-order valence-electron chi connectivity index (χ3n) is 5.36. The first-order valence-corrected chi connectivity index (χ1v) is 11.0. The van der Waals surface area contributed by atoms with E-state index >= 15 is 0 Å². The standard InChI is InChI=1S/C19H24N4O4S/c1-13-4-6-15(7-5-13)28(24,25)22-19-18-16(26-2)10-14(11-17(18)27-21-19)12-23-9-3-8-20-23/h3,8-11,13,15H,4-7,12H2,1-2H3,(H,21,22). The maximum atomic E-state index is 12.8. The molecule has 4 rings (SSSR count). The van der Waals surface area contributed by atoms with Crippen molar-refractivity contribution < 1.29 is 17.7 Å². The molecule has 2 aromatic heterocycles. The lowest BCUT2D eigenvalue weighted by molar-refractivity contribution is 0.383. The molecule has 0 unspecified atom stereocenters. The number of ether oxygens (including phenoxy) is 1. The van der Waals surface area contributed by atoms with Crippen LogP contribution >= 0.6 is 0 Å². The summed E-state index contributed by atoms with van der Waals surface area (Å²) < 4.78 is 41.0. The number of sulfonamides is 1. The molecular formula is C19H24N4O4S. The summed E-state index contributed by atoms with van der Waals surface area (Å²) in [6.07, 6.45) is 6.75. The molecule has 1 fully saturated rings. The van der Waals surface area contributed by atoms with Gasteiger partial charge in [-0.3, -0.25) is 9.40 Å². The van der Waals surface area contributed by atoms with Gasteiger partial charge in [-0.1, -0.05) is 12.1 Å². The molecule has 1 aliphatic carbocycles. The van der Waals surface area contributed by atoms with E-state index in [0.29, 0.717) is 42.0 Å². The number of aromatic nitrogens is 3. The third-order valence-corrected chi connectivity index (χ3v) is 7.19. The Kier molecular flexibility index (Phi) is 5.01. The summed E-state index contributed by atoms with van der Waals surface area (Å²) in [7, 11) is -2.00. The molecule has 0 atom stereocenters. The largest absolute Gasteiger partial charge is 0.496 e.